The Labute approximate surface area is 197 Å². The number of nitrogens with two attached hydrogens (primary N) is 1. The van der Waals surface area contributed by atoms with E-state index in [0.717, 1.165) is 27.7 Å². The molecule has 0 bridgehead atoms. The molecule has 0 radical (unpaired) electrons. The lowest BCUT2D eigenvalue weighted by Crippen LogP contribution is -2.40. The Hall–Kier alpha value is -4.23. The largest absolute Gasteiger partial charge is 0.378 e. The second kappa shape index (κ2) is 9.33. The van der Waals surface area contributed by atoms with E-state index in [0.29, 0.717) is 43.1 Å². The van der Waals surface area contributed by atoms with Crippen LogP contribution in [-0.2, 0) is 4.74 Å². The Balaban J connectivity index is 1.46. The highest BCUT2D eigenvalue weighted by molar-refractivity contribution is 6.08. The molecule has 3 N–H and O–H groups in total. The van der Waals surface area contributed by atoms with Crippen molar-refractivity contribution >= 4 is 34.1 Å². The first-order valence-corrected chi connectivity index (χ1v) is 11.1. The van der Waals surface area contributed by atoms with Gasteiger partial charge in [0.1, 0.15) is 0 Å². The normalized spacial score (nSPS) is 13.6. The minimum absolute atomic E-state index is 0.0191. The molecule has 5 rings (SSSR count). The molecule has 0 aliphatic carbocycles. The lowest BCUT2D eigenvalue weighted by atomic mass is 10.00. The molecule has 2 amide bonds. The second-order valence-electron chi connectivity index (χ2n) is 8.12. The topological polar surface area (TPSA) is 97.6 Å². The van der Waals surface area contributed by atoms with E-state index < -0.39 is 5.91 Å². The number of para-hydroxylation sites is 1. The summed E-state index contributed by atoms with van der Waals surface area (Å²) in [5.41, 5.74) is 10.7. The molecule has 2 heterocycles. The zero-order chi connectivity index (χ0) is 23.5. The number of amides is 2. The monoisotopic (exact) mass is 452 g/mol. The van der Waals surface area contributed by atoms with Gasteiger partial charge in [-0.3, -0.25) is 14.6 Å². The smallest absolute Gasteiger partial charge is 0.254 e. The van der Waals surface area contributed by atoms with Crippen LogP contribution in [0.25, 0.3) is 22.0 Å². The molecular weight excluding hydrogens is 428 g/mol. The Morgan fingerprint density at radius 1 is 0.912 bits per heavy atom. The third-order valence-corrected chi connectivity index (χ3v) is 5.94. The van der Waals surface area contributed by atoms with Crippen LogP contribution in [0.1, 0.15) is 20.7 Å². The predicted octanol–water partition coefficient (Wildman–Crippen LogP) is 4.22. The van der Waals surface area contributed by atoms with E-state index >= 15 is 0 Å². The van der Waals surface area contributed by atoms with Crippen LogP contribution in [0.3, 0.4) is 0 Å². The van der Waals surface area contributed by atoms with Crippen molar-refractivity contribution in [2.45, 2.75) is 0 Å². The molecule has 1 fully saturated rings. The maximum atomic E-state index is 12.7. The Morgan fingerprint density at radius 2 is 1.62 bits per heavy atom. The Morgan fingerprint density at radius 3 is 2.32 bits per heavy atom. The summed E-state index contributed by atoms with van der Waals surface area (Å²) in [6.45, 7) is 2.38. The molecule has 170 valence electrons. The number of aromatic nitrogens is 1. The molecule has 0 unspecified atom stereocenters. The summed E-state index contributed by atoms with van der Waals surface area (Å²) < 4.78 is 5.33. The summed E-state index contributed by atoms with van der Waals surface area (Å²) in [7, 11) is 0. The van der Waals surface area contributed by atoms with Crippen LogP contribution in [0.15, 0.2) is 79.0 Å². The van der Waals surface area contributed by atoms with Crippen molar-refractivity contribution in [2.75, 3.05) is 31.6 Å². The SMILES string of the molecule is NC(=O)c1cnc2cc(-c3ccc(C(=O)N4CCOCC4)cc3)ccc2c1Nc1ccccc1. The van der Waals surface area contributed by atoms with Gasteiger partial charge in [-0.05, 0) is 41.5 Å². The van der Waals surface area contributed by atoms with E-state index in [9.17, 15) is 9.59 Å². The molecule has 1 saturated heterocycles. The minimum atomic E-state index is -0.544. The molecule has 0 saturated carbocycles. The highest BCUT2D eigenvalue weighted by Crippen LogP contribution is 2.32. The second-order valence-corrected chi connectivity index (χ2v) is 8.12. The highest BCUT2D eigenvalue weighted by Gasteiger charge is 2.19. The lowest BCUT2D eigenvalue weighted by molar-refractivity contribution is 0.0303. The van der Waals surface area contributed by atoms with Crippen LogP contribution in [-0.4, -0.2) is 48.0 Å². The van der Waals surface area contributed by atoms with Gasteiger partial charge >= 0.3 is 0 Å². The Bertz CT molecular complexity index is 1350. The van der Waals surface area contributed by atoms with Crippen LogP contribution in [0.2, 0.25) is 0 Å². The maximum Gasteiger partial charge on any atom is 0.254 e. The molecule has 0 spiro atoms. The quantitative estimate of drug-likeness (QED) is 0.473. The standard InChI is InChI=1S/C27H24N4O3/c28-26(32)23-17-29-24-16-20(10-11-22(24)25(23)30-21-4-2-1-3-5-21)18-6-8-19(9-7-18)27(33)31-12-14-34-15-13-31/h1-11,16-17H,12-15H2,(H2,28,32)(H,29,30). The molecular formula is C27H24N4O3. The number of hydrogen-bond donors (Lipinski definition) is 2. The third-order valence-electron chi connectivity index (χ3n) is 5.94. The summed E-state index contributed by atoms with van der Waals surface area (Å²) in [4.78, 5) is 31.1. The van der Waals surface area contributed by atoms with E-state index in [2.05, 4.69) is 10.3 Å². The predicted molar refractivity (Wildman–Crippen MR) is 132 cm³/mol. The fraction of sp³-hybridized carbons (Fsp3) is 0.148. The maximum absolute atomic E-state index is 12.7. The molecule has 1 aromatic heterocycles. The number of rotatable bonds is 5. The molecule has 0 atom stereocenters. The molecule has 34 heavy (non-hydrogen) atoms. The number of ether oxygens (including phenoxy) is 1. The highest BCUT2D eigenvalue weighted by atomic mass is 16.5. The van der Waals surface area contributed by atoms with E-state index in [1.807, 2.05) is 77.7 Å². The van der Waals surface area contributed by atoms with Crippen molar-refractivity contribution in [1.82, 2.24) is 9.88 Å². The summed E-state index contributed by atoms with van der Waals surface area (Å²) >= 11 is 0. The van der Waals surface area contributed by atoms with Crippen molar-refractivity contribution in [3.63, 3.8) is 0 Å². The number of carbonyl (C=O) groups is 2. The number of fused-ring (bicyclic) bond motifs is 1. The van der Waals surface area contributed by atoms with Gasteiger partial charge in [-0.2, -0.15) is 0 Å². The number of pyridine rings is 1. The molecule has 7 nitrogen and oxygen atoms in total. The van der Waals surface area contributed by atoms with Crippen LogP contribution < -0.4 is 11.1 Å². The average Bonchev–Trinajstić information content (AvgIpc) is 2.89. The van der Waals surface area contributed by atoms with Gasteiger partial charge < -0.3 is 20.7 Å². The van der Waals surface area contributed by atoms with Crippen molar-refractivity contribution < 1.29 is 14.3 Å². The number of nitrogens with zero attached hydrogens (tertiary/aromatic N) is 2. The fourth-order valence-corrected chi connectivity index (χ4v) is 4.11. The van der Waals surface area contributed by atoms with Crippen LogP contribution in [0, 0.1) is 0 Å². The van der Waals surface area contributed by atoms with Gasteiger partial charge in [0.25, 0.3) is 11.8 Å². The van der Waals surface area contributed by atoms with Gasteiger partial charge in [0, 0.05) is 35.9 Å². The molecule has 1 aliphatic heterocycles. The van der Waals surface area contributed by atoms with E-state index in [-0.39, 0.29) is 5.91 Å². The first kappa shape index (κ1) is 21.6. The number of nitrogens with one attached hydrogen (secondary N) is 1. The molecule has 3 aromatic carbocycles. The number of hydrogen-bond acceptors (Lipinski definition) is 5. The van der Waals surface area contributed by atoms with Crippen molar-refractivity contribution in [3.8, 4) is 11.1 Å². The fourth-order valence-electron chi connectivity index (χ4n) is 4.11. The van der Waals surface area contributed by atoms with Gasteiger partial charge in [-0.15, -0.1) is 0 Å². The summed E-state index contributed by atoms with van der Waals surface area (Å²) in [6, 6.07) is 23.1. The van der Waals surface area contributed by atoms with E-state index in [4.69, 9.17) is 10.5 Å². The van der Waals surface area contributed by atoms with E-state index in [1.165, 1.54) is 6.20 Å². The van der Waals surface area contributed by atoms with Gasteiger partial charge in [-0.25, -0.2) is 0 Å². The van der Waals surface area contributed by atoms with Gasteiger partial charge in [0.15, 0.2) is 0 Å². The number of morpholine rings is 1. The first-order chi connectivity index (χ1) is 16.6. The average molecular weight is 453 g/mol. The van der Waals surface area contributed by atoms with Crippen molar-refractivity contribution in [2.24, 2.45) is 5.73 Å². The Kier molecular flexibility index (Phi) is 5.93. The summed E-state index contributed by atoms with van der Waals surface area (Å²) in [5.74, 6) is -0.525. The molecule has 7 heteroatoms. The minimum Gasteiger partial charge on any atom is -0.378 e. The summed E-state index contributed by atoms with van der Waals surface area (Å²) in [5, 5.41) is 4.11. The zero-order valence-corrected chi connectivity index (χ0v) is 18.5. The lowest BCUT2D eigenvalue weighted by Gasteiger charge is -2.26. The molecule has 1 aliphatic rings. The van der Waals surface area contributed by atoms with E-state index in [1.54, 1.807) is 0 Å². The van der Waals surface area contributed by atoms with Gasteiger partial charge in [0.05, 0.1) is 30.0 Å². The van der Waals surface area contributed by atoms with Crippen LogP contribution >= 0.6 is 0 Å². The van der Waals surface area contributed by atoms with Crippen molar-refractivity contribution in [1.29, 1.82) is 0 Å². The van der Waals surface area contributed by atoms with Gasteiger partial charge in [-0.1, -0.05) is 42.5 Å². The van der Waals surface area contributed by atoms with Gasteiger partial charge in [0.2, 0.25) is 0 Å². The van der Waals surface area contributed by atoms with Crippen LogP contribution in [0.4, 0.5) is 11.4 Å². The number of carbonyl (C=O) groups excluding carboxylic acids is 2. The zero-order valence-electron chi connectivity index (χ0n) is 18.5. The first-order valence-electron chi connectivity index (χ1n) is 11.1. The third kappa shape index (κ3) is 4.33. The number of primary amides is 1. The van der Waals surface area contributed by atoms with Crippen molar-refractivity contribution in [3.05, 3.63) is 90.1 Å². The number of benzene rings is 3. The molecule has 4 aromatic rings. The van der Waals surface area contributed by atoms with Crippen LogP contribution in [0.5, 0.6) is 0 Å². The number of anilines is 2. The summed E-state index contributed by atoms with van der Waals surface area (Å²) in [6.07, 6.45) is 1.50.